The van der Waals surface area contributed by atoms with Crippen molar-refractivity contribution in [2.24, 2.45) is 0 Å². The van der Waals surface area contributed by atoms with Gasteiger partial charge in [0.2, 0.25) is 16.0 Å². The van der Waals surface area contributed by atoms with E-state index in [1.807, 2.05) is 6.07 Å². The van der Waals surface area contributed by atoms with Gasteiger partial charge in [-0.3, -0.25) is 4.90 Å². The van der Waals surface area contributed by atoms with Crippen LogP contribution in [0.4, 0.5) is 24.8 Å². The number of H-pyrrole nitrogens is 1. The lowest BCUT2D eigenvalue weighted by atomic mass is 9.88. The summed E-state index contributed by atoms with van der Waals surface area (Å²) < 4.78 is 71.8. The van der Waals surface area contributed by atoms with Crippen LogP contribution in [0.3, 0.4) is 0 Å². The van der Waals surface area contributed by atoms with E-state index in [0.717, 1.165) is 30.1 Å². The number of allylic oxidation sites excluding steroid dienone is 1. The van der Waals surface area contributed by atoms with E-state index in [-0.39, 0.29) is 35.9 Å². The largest absolute Gasteiger partial charge is 0.466 e. The first-order valence-electron chi connectivity index (χ1n) is 12.6. The number of nitrogens with zero attached hydrogens (tertiary/aromatic N) is 5. The second-order valence-electron chi connectivity index (χ2n) is 9.69. The molecule has 0 aliphatic carbocycles. The summed E-state index contributed by atoms with van der Waals surface area (Å²) in [5, 5.41) is 15.9. The number of carbonyl (C=O) groups is 1. The van der Waals surface area contributed by atoms with Crippen LogP contribution in [-0.4, -0.2) is 60.4 Å². The fourth-order valence-electron chi connectivity index (χ4n) is 4.90. The topological polar surface area (TPSA) is 141 Å². The van der Waals surface area contributed by atoms with E-state index in [4.69, 9.17) is 4.74 Å². The van der Waals surface area contributed by atoms with Crippen molar-refractivity contribution in [1.29, 1.82) is 5.26 Å². The van der Waals surface area contributed by atoms with Crippen LogP contribution in [0.5, 0.6) is 0 Å². The van der Waals surface area contributed by atoms with Crippen LogP contribution >= 0.6 is 0 Å². The van der Waals surface area contributed by atoms with Gasteiger partial charge >= 0.3 is 17.8 Å². The van der Waals surface area contributed by atoms with Crippen molar-refractivity contribution in [2.45, 2.75) is 32.0 Å². The van der Waals surface area contributed by atoms with E-state index in [9.17, 15) is 36.4 Å². The molecule has 42 heavy (non-hydrogen) atoms. The number of halogens is 3. The second-order valence-corrected chi connectivity index (χ2v) is 11.8. The number of hydrogen-bond donors (Lipinski definition) is 1. The number of aromatic nitrogens is 3. The SMILES string of the molecule is COC(=O)C1=C(C)N(c2cccc(C(F)(F)F)c2)c2n[nH]c(=O)n2[C@@H]1c1ccc(C#N)cc1CCCN(C)S(C)(=O)=O. The van der Waals surface area contributed by atoms with Crippen LogP contribution in [-0.2, 0) is 32.2 Å². The molecule has 3 aromatic rings. The standard InChI is InChI=1S/C27H27F3N6O5S/c1-16-22(24(37)41-3)23(21-11-10-17(15-31)13-18(21)7-6-12-34(2)42(4,39)40)36-25(32-33-26(36)38)35(16)20-9-5-8-19(14-20)27(28,29)30/h5,8-11,13-14,23H,6-7,12H2,1-4H3,(H,33,38)/t23-/m1/s1. The van der Waals surface area contributed by atoms with Gasteiger partial charge in [0, 0.05) is 25.0 Å². The molecule has 15 heteroatoms. The Balaban J connectivity index is 1.92. The van der Waals surface area contributed by atoms with Gasteiger partial charge < -0.3 is 4.74 Å². The smallest absolute Gasteiger partial charge is 0.416 e. The number of rotatable bonds is 8. The summed E-state index contributed by atoms with van der Waals surface area (Å²) >= 11 is 0. The van der Waals surface area contributed by atoms with Crippen LogP contribution in [0, 0.1) is 11.3 Å². The van der Waals surface area contributed by atoms with Crippen LogP contribution in [0.25, 0.3) is 0 Å². The highest BCUT2D eigenvalue weighted by Crippen LogP contribution is 2.43. The molecule has 1 aliphatic rings. The number of aryl methyl sites for hydroxylation is 1. The zero-order chi connectivity index (χ0) is 31.0. The summed E-state index contributed by atoms with van der Waals surface area (Å²) in [6.07, 6.45) is -2.95. The molecule has 2 aromatic carbocycles. The predicted octanol–water partition coefficient (Wildman–Crippen LogP) is 3.47. The summed E-state index contributed by atoms with van der Waals surface area (Å²) in [7, 11) is -0.859. The fourth-order valence-corrected chi connectivity index (χ4v) is 5.36. The van der Waals surface area contributed by atoms with Gasteiger partial charge in [-0.1, -0.05) is 12.1 Å². The predicted molar refractivity (Wildman–Crippen MR) is 146 cm³/mol. The molecule has 222 valence electrons. The molecule has 0 unspecified atom stereocenters. The zero-order valence-electron chi connectivity index (χ0n) is 23.1. The number of fused-ring (bicyclic) bond motifs is 1. The molecular formula is C27H27F3N6O5S. The van der Waals surface area contributed by atoms with Gasteiger partial charge in [0.1, 0.15) is 6.04 Å². The summed E-state index contributed by atoms with van der Waals surface area (Å²) in [6.45, 7) is 1.67. The maximum Gasteiger partial charge on any atom is 0.416 e. The van der Waals surface area contributed by atoms with E-state index >= 15 is 0 Å². The van der Waals surface area contributed by atoms with Gasteiger partial charge in [0.15, 0.2) is 0 Å². The molecule has 2 heterocycles. The molecule has 0 amide bonds. The van der Waals surface area contributed by atoms with Crippen LogP contribution in [0.1, 0.15) is 41.6 Å². The van der Waals surface area contributed by atoms with Crippen LogP contribution < -0.4 is 10.6 Å². The first-order chi connectivity index (χ1) is 19.7. The van der Waals surface area contributed by atoms with Crippen molar-refractivity contribution in [3.05, 3.63) is 86.5 Å². The van der Waals surface area contributed by atoms with Gasteiger partial charge in [-0.25, -0.2) is 32.0 Å². The monoisotopic (exact) mass is 604 g/mol. The van der Waals surface area contributed by atoms with Crippen molar-refractivity contribution in [3.8, 4) is 6.07 Å². The molecule has 0 spiro atoms. The number of ether oxygens (including phenoxy) is 1. The number of carbonyl (C=O) groups excluding carboxylic acids is 1. The van der Waals surface area contributed by atoms with Gasteiger partial charge in [0.25, 0.3) is 0 Å². The van der Waals surface area contributed by atoms with Gasteiger partial charge in [-0.15, -0.1) is 5.10 Å². The van der Waals surface area contributed by atoms with Crippen molar-refractivity contribution >= 4 is 27.6 Å². The molecule has 0 saturated heterocycles. The molecule has 0 saturated carbocycles. The number of methoxy groups -OCH3 is 1. The lowest BCUT2D eigenvalue weighted by Gasteiger charge is -2.36. The van der Waals surface area contributed by atoms with Gasteiger partial charge in [-0.2, -0.15) is 18.4 Å². The first kappa shape index (κ1) is 30.5. The molecular weight excluding hydrogens is 577 g/mol. The third-order valence-electron chi connectivity index (χ3n) is 7.03. The van der Waals surface area contributed by atoms with Crippen LogP contribution in [0.2, 0.25) is 0 Å². The average Bonchev–Trinajstić information content (AvgIpc) is 3.31. The molecule has 1 aromatic heterocycles. The Labute approximate surface area is 239 Å². The number of benzene rings is 2. The quantitative estimate of drug-likeness (QED) is 0.386. The third-order valence-corrected chi connectivity index (χ3v) is 8.35. The number of nitrogens with one attached hydrogen (secondary N) is 1. The van der Waals surface area contributed by atoms with Crippen molar-refractivity contribution in [3.63, 3.8) is 0 Å². The zero-order valence-corrected chi connectivity index (χ0v) is 23.9. The maximum atomic E-state index is 13.6. The lowest BCUT2D eigenvalue weighted by molar-refractivity contribution is -0.138. The minimum atomic E-state index is -4.65. The summed E-state index contributed by atoms with van der Waals surface area (Å²) in [5.74, 6) is -0.901. The Morgan fingerprint density at radius 2 is 1.95 bits per heavy atom. The minimum absolute atomic E-state index is 0.00583. The fraction of sp³-hybridized carbons (Fsp3) is 0.333. The van der Waals surface area contributed by atoms with Crippen molar-refractivity contribution in [2.75, 3.05) is 31.9 Å². The minimum Gasteiger partial charge on any atom is -0.466 e. The molecule has 11 nitrogen and oxygen atoms in total. The van der Waals surface area contributed by atoms with Crippen molar-refractivity contribution < 1.29 is 31.1 Å². The summed E-state index contributed by atoms with van der Waals surface area (Å²) in [6, 6.07) is 9.98. The molecule has 0 bridgehead atoms. The van der Waals surface area contributed by atoms with E-state index in [2.05, 4.69) is 10.2 Å². The Hall–Kier alpha value is -4.42. The highest BCUT2D eigenvalue weighted by Gasteiger charge is 2.41. The Bertz CT molecular complexity index is 1770. The number of anilines is 2. The Morgan fingerprint density at radius 3 is 2.57 bits per heavy atom. The van der Waals surface area contributed by atoms with E-state index < -0.39 is 39.5 Å². The van der Waals surface area contributed by atoms with E-state index in [1.54, 1.807) is 12.1 Å². The molecule has 1 N–H and O–H groups in total. The number of hydrogen-bond acceptors (Lipinski definition) is 8. The number of alkyl halides is 3. The number of esters is 1. The Morgan fingerprint density at radius 1 is 1.24 bits per heavy atom. The van der Waals surface area contributed by atoms with E-state index in [1.165, 1.54) is 41.4 Å². The third kappa shape index (κ3) is 5.81. The number of sulfonamides is 1. The van der Waals surface area contributed by atoms with Gasteiger partial charge in [-0.05, 0) is 61.2 Å². The molecule has 0 radical (unpaired) electrons. The number of aromatic amines is 1. The normalized spacial score (nSPS) is 15.5. The lowest BCUT2D eigenvalue weighted by Crippen LogP contribution is -2.38. The van der Waals surface area contributed by atoms with Crippen molar-refractivity contribution in [1.82, 2.24) is 19.1 Å². The Kier molecular flexibility index (Phi) is 8.33. The highest BCUT2D eigenvalue weighted by molar-refractivity contribution is 7.88. The molecule has 0 fully saturated rings. The molecule has 1 aliphatic heterocycles. The van der Waals surface area contributed by atoms with E-state index in [0.29, 0.717) is 23.1 Å². The highest BCUT2D eigenvalue weighted by atomic mass is 32.2. The first-order valence-corrected chi connectivity index (χ1v) is 14.4. The summed E-state index contributed by atoms with van der Waals surface area (Å²) in [4.78, 5) is 27.8. The summed E-state index contributed by atoms with van der Waals surface area (Å²) in [5.41, 5.74) is -0.251. The number of nitriles is 1. The molecule has 1 atom stereocenters. The average molecular weight is 605 g/mol. The van der Waals surface area contributed by atoms with Crippen LogP contribution in [0.15, 0.2) is 58.5 Å². The second kappa shape index (κ2) is 11.5. The maximum absolute atomic E-state index is 13.6. The molecule has 4 rings (SSSR count). The van der Waals surface area contributed by atoms with Gasteiger partial charge in [0.05, 0.1) is 36.1 Å².